The number of nitrogens with zero attached hydrogens (tertiary/aromatic N) is 2. The number of rotatable bonds is 2. The van der Waals surface area contributed by atoms with Crippen LogP contribution >= 0.6 is 0 Å². The highest BCUT2D eigenvalue weighted by atomic mass is 19.3. The molecular formula is C10H8F2N2O2. The Bertz CT molecular complexity index is 531. The van der Waals surface area contributed by atoms with E-state index in [0.29, 0.717) is 11.3 Å². The van der Waals surface area contributed by atoms with Crippen molar-refractivity contribution in [3.05, 3.63) is 24.0 Å². The van der Waals surface area contributed by atoms with Gasteiger partial charge in [-0.1, -0.05) is 0 Å². The quantitative estimate of drug-likeness (QED) is 0.853. The van der Waals surface area contributed by atoms with Gasteiger partial charge in [0.05, 0.1) is 10.9 Å². The van der Waals surface area contributed by atoms with Gasteiger partial charge >= 0.3 is 6.61 Å². The molecule has 4 nitrogen and oxygen atoms in total. The van der Waals surface area contributed by atoms with E-state index in [0.717, 1.165) is 0 Å². The fourth-order valence-electron chi connectivity index (χ4n) is 1.38. The van der Waals surface area contributed by atoms with Gasteiger partial charge in [-0.05, 0) is 25.1 Å². The highest BCUT2D eigenvalue weighted by molar-refractivity contribution is 5.84. The van der Waals surface area contributed by atoms with Crippen molar-refractivity contribution in [2.45, 2.75) is 13.5 Å². The molecule has 84 valence electrons. The Morgan fingerprint density at radius 3 is 2.75 bits per heavy atom. The molecule has 0 amide bonds. The fourth-order valence-corrected chi connectivity index (χ4v) is 1.38. The zero-order chi connectivity index (χ0) is 11.7. The van der Waals surface area contributed by atoms with Crippen molar-refractivity contribution in [2.75, 3.05) is 0 Å². The van der Waals surface area contributed by atoms with E-state index in [4.69, 9.17) is 0 Å². The number of benzene rings is 1. The van der Waals surface area contributed by atoms with Gasteiger partial charge in [0.2, 0.25) is 5.88 Å². The molecule has 1 aromatic carbocycles. The number of hydrogen-bond acceptors (Lipinski definition) is 4. The highest BCUT2D eigenvalue weighted by Gasteiger charge is 2.08. The lowest BCUT2D eigenvalue weighted by Crippen LogP contribution is -2.01. The van der Waals surface area contributed by atoms with Crippen LogP contribution in [0.3, 0.4) is 0 Å². The van der Waals surface area contributed by atoms with Gasteiger partial charge in [-0.3, -0.25) is 0 Å². The molecule has 0 radical (unpaired) electrons. The molecule has 0 saturated heterocycles. The summed E-state index contributed by atoms with van der Waals surface area (Å²) in [5.74, 6) is 0.125. The Morgan fingerprint density at radius 1 is 1.31 bits per heavy atom. The van der Waals surface area contributed by atoms with Crippen LogP contribution in [0.15, 0.2) is 18.2 Å². The topological polar surface area (TPSA) is 55.2 Å². The minimum atomic E-state index is -2.90. The van der Waals surface area contributed by atoms with Crippen molar-refractivity contribution in [1.82, 2.24) is 9.97 Å². The van der Waals surface area contributed by atoms with Gasteiger partial charge in [0, 0.05) is 0 Å². The third-order valence-electron chi connectivity index (χ3n) is 1.98. The van der Waals surface area contributed by atoms with Crippen LogP contribution < -0.4 is 4.74 Å². The molecule has 1 N–H and O–H groups in total. The first-order valence-corrected chi connectivity index (χ1v) is 4.48. The number of ether oxygens (including phenoxy) is 1. The zero-order valence-electron chi connectivity index (χ0n) is 8.32. The van der Waals surface area contributed by atoms with Gasteiger partial charge in [-0.2, -0.15) is 13.8 Å². The van der Waals surface area contributed by atoms with E-state index in [1.54, 1.807) is 6.92 Å². The van der Waals surface area contributed by atoms with Crippen molar-refractivity contribution in [3.8, 4) is 11.6 Å². The standard InChI is InChI=1S/C10H8F2N2O2/c1-5-13-8-3-2-6(16-10(11)12)4-7(8)9(15)14-5/h2-4,10H,1H3,(H,13,14,15). The summed E-state index contributed by atoms with van der Waals surface area (Å²) in [5, 5.41) is 9.80. The molecule has 0 saturated carbocycles. The van der Waals surface area contributed by atoms with Gasteiger partial charge in [0.15, 0.2) is 0 Å². The second-order valence-electron chi connectivity index (χ2n) is 3.15. The molecule has 0 aliphatic carbocycles. The van der Waals surface area contributed by atoms with E-state index in [2.05, 4.69) is 14.7 Å². The van der Waals surface area contributed by atoms with Crippen LogP contribution in [0.25, 0.3) is 10.9 Å². The first-order valence-electron chi connectivity index (χ1n) is 4.48. The summed E-state index contributed by atoms with van der Waals surface area (Å²) in [4.78, 5) is 7.77. The van der Waals surface area contributed by atoms with Crippen molar-refractivity contribution < 1.29 is 18.6 Å². The lowest BCUT2D eigenvalue weighted by molar-refractivity contribution is -0.0497. The Balaban J connectivity index is 2.53. The van der Waals surface area contributed by atoms with Crippen LogP contribution in [-0.2, 0) is 0 Å². The van der Waals surface area contributed by atoms with E-state index in [1.807, 2.05) is 0 Å². The molecule has 0 unspecified atom stereocenters. The second kappa shape index (κ2) is 3.88. The first-order chi connectivity index (χ1) is 7.56. The molecule has 0 aliphatic rings. The van der Waals surface area contributed by atoms with Crippen molar-refractivity contribution in [1.29, 1.82) is 0 Å². The van der Waals surface area contributed by atoms with Crippen molar-refractivity contribution >= 4 is 10.9 Å². The Labute approximate surface area is 89.5 Å². The van der Waals surface area contributed by atoms with Crippen LogP contribution in [0.4, 0.5) is 8.78 Å². The smallest absolute Gasteiger partial charge is 0.387 e. The summed E-state index contributed by atoms with van der Waals surface area (Å²) in [7, 11) is 0. The van der Waals surface area contributed by atoms with E-state index in [1.165, 1.54) is 18.2 Å². The average molecular weight is 226 g/mol. The third kappa shape index (κ3) is 2.00. The minimum absolute atomic E-state index is 0.0368. The molecule has 2 rings (SSSR count). The van der Waals surface area contributed by atoms with E-state index in [-0.39, 0.29) is 17.0 Å². The lowest BCUT2D eigenvalue weighted by atomic mass is 10.2. The molecule has 0 fully saturated rings. The zero-order valence-corrected chi connectivity index (χ0v) is 8.32. The van der Waals surface area contributed by atoms with Gasteiger partial charge < -0.3 is 9.84 Å². The molecule has 16 heavy (non-hydrogen) atoms. The molecule has 1 heterocycles. The fraction of sp³-hybridized carbons (Fsp3) is 0.200. The largest absolute Gasteiger partial charge is 0.493 e. The predicted molar refractivity (Wildman–Crippen MR) is 52.6 cm³/mol. The molecule has 0 atom stereocenters. The van der Waals surface area contributed by atoms with E-state index in [9.17, 15) is 13.9 Å². The van der Waals surface area contributed by atoms with Crippen molar-refractivity contribution in [2.24, 2.45) is 0 Å². The molecular weight excluding hydrogens is 218 g/mol. The SMILES string of the molecule is Cc1nc(O)c2cc(OC(F)F)ccc2n1. The van der Waals surface area contributed by atoms with Gasteiger partial charge in [-0.15, -0.1) is 0 Å². The molecule has 0 bridgehead atoms. The number of aromatic nitrogens is 2. The van der Waals surface area contributed by atoms with Crippen molar-refractivity contribution in [3.63, 3.8) is 0 Å². The maximum absolute atomic E-state index is 12.0. The Hall–Kier alpha value is -1.98. The van der Waals surface area contributed by atoms with E-state index < -0.39 is 6.61 Å². The molecule has 1 aromatic heterocycles. The summed E-state index contributed by atoms with van der Waals surface area (Å²) in [6, 6.07) is 4.12. The van der Waals surface area contributed by atoms with Gasteiger partial charge in [0.25, 0.3) is 0 Å². The maximum atomic E-state index is 12.0. The Morgan fingerprint density at radius 2 is 2.06 bits per heavy atom. The Kier molecular flexibility index (Phi) is 2.55. The van der Waals surface area contributed by atoms with Crippen LogP contribution in [0.1, 0.15) is 5.82 Å². The number of aryl methyl sites for hydroxylation is 1. The van der Waals surface area contributed by atoms with Gasteiger partial charge in [0.1, 0.15) is 11.6 Å². The average Bonchev–Trinajstić information content (AvgIpc) is 2.18. The lowest BCUT2D eigenvalue weighted by Gasteiger charge is -2.06. The number of halogens is 2. The van der Waals surface area contributed by atoms with Crippen LogP contribution in [0.5, 0.6) is 11.6 Å². The summed E-state index contributed by atoms with van der Waals surface area (Å²) < 4.78 is 28.1. The predicted octanol–water partition coefficient (Wildman–Crippen LogP) is 2.25. The number of alkyl halides is 2. The summed E-state index contributed by atoms with van der Waals surface area (Å²) in [6.45, 7) is -1.27. The number of fused-ring (bicyclic) bond motifs is 1. The third-order valence-corrected chi connectivity index (χ3v) is 1.98. The normalized spacial score (nSPS) is 11.0. The van der Waals surface area contributed by atoms with Crippen LogP contribution in [0, 0.1) is 6.92 Å². The molecule has 0 spiro atoms. The summed E-state index contributed by atoms with van der Waals surface area (Å²) >= 11 is 0. The minimum Gasteiger partial charge on any atom is -0.493 e. The molecule has 0 aliphatic heterocycles. The van der Waals surface area contributed by atoms with Crippen LogP contribution in [-0.4, -0.2) is 21.7 Å². The highest BCUT2D eigenvalue weighted by Crippen LogP contribution is 2.26. The summed E-state index contributed by atoms with van der Waals surface area (Å²) in [5.41, 5.74) is 0.478. The maximum Gasteiger partial charge on any atom is 0.387 e. The van der Waals surface area contributed by atoms with E-state index >= 15 is 0 Å². The molecule has 2 aromatic rings. The summed E-state index contributed by atoms with van der Waals surface area (Å²) in [6.07, 6.45) is 0. The number of hydrogen-bond donors (Lipinski definition) is 1. The monoisotopic (exact) mass is 226 g/mol. The molecule has 6 heteroatoms. The first kappa shape index (κ1) is 10.5. The number of aromatic hydroxyl groups is 1. The van der Waals surface area contributed by atoms with Crippen LogP contribution in [0.2, 0.25) is 0 Å². The van der Waals surface area contributed by atoms with Gasteiger partial charge in [-0.25, -0.2) is 4.98 Å². The second-order valence-corrected chi connectivity index (χ2v) is 3.15.